The number of fused-ring (bicyclic) bond motifs is 7. The summed E-state index contributed by atoms with van der Waals surface area (Å²) in [7, 11) is 0. The molecule has 0 unspecified atom stereocenters. The fraction of sp³-hybridized carbons (Fsp3) is 0. The summed E-state index contributed by atoms with van der Waals surface area (Å²) in [5, 5.41) is 10.00. The Morgan fingerprint density at radius 3 is 1.80 bits per heavy atom. The van der Waals surface area contributed by atoms with Crippen LogP contribution in [-0.2, 0) is 0 Å². The Kier molecular flexibility index (Phi) is 6.53. The molecule has 1 heterocycles. The van der Waals surface area contributed by atoms with Crippen LogP contribution in [0.25, 0.3) is 70.9 Å². The average molecular weight is 637 g/mol. The van der Waals surface area contributed by atoms with Gasteiger partial charge in [0.25, 0.3) is 0 Å². The Hall–Kier alpha value is -6.64. The van der Waals surface area contributed by atoms with Crippen molar-refractivity contribution in [3.63, 3.8) is 0 Å². The highest BCUT2D eigenvalue weighted by Crippen LogP contribution is 2.43. The zero-order valence-electron chi connectivity index (χ0n) is 27.4. The quantitative estimate of drug-likeness (QED) is 0.182. The molecular weight excluding hydrogens is 605 g/mol. The molecule has 0 spiro atoms. The summed E-state index contributed by atoms with van der Waals surface area (Å²) in [6, 6.07) is 70.5. The van der Waals surface area contributed by atoms with E-state index in [2.05, 4.69) is 204 Å². The summed E-state index contributed by atoms with van der Waals surface area (Å²) in [6.07, 6.45) is 0. The van der Waals surface area contributed by atoms with Crippen LogP contribution in [0.2, 0.25) is 0 Å². The number of nitrogens with zero attached hydrogens (tertiary/aromatic N) is 2. The Labute approximate surface area is 290 Å². The smallest absolute Gasteiger partial charge is 0.0547 e. The van der Waals surface area contributed by atoms with E-state index < -0.39 is 0 Å². The van der Waals surface area contributed by atoms with Crippen molar-refractivity contribution in [2.75, 3.05) is 4.90 Å². The van der Waals surface area contributed by atoms with Gasteiger partial charge in [0.1, 0.15) is 0 Å². The van der Waals surface area contributed by atoms with E-state index in [0.29, 0.717) is 0 Å². The molecule has 10 rings (SSSR count). The fourth-order valence-electron chi connectivity index (χ4n) is 7.86. The van der Waals surface area contributed by atoms with Crippen LogP contribution >= 0.6 is 0 Å². The van der Waals surface area contributed by atoms with E-state index in [-0.39, 0.29) is 0 Å². The minimum atomic E-state index is 1.10. The van der Waals surface area contributed by atoms with Gasteiger partial charge in [0.05, 0.1) is 16.7 Å². The minimum absolute atomic E-state index is 1.10. The summed E-state index contributed by atoms with van der Waals surface area (Å²) < 4.78 is 2.41. The largest absolute Gasteiger partial charge is 0.310 e. The van der Waals surface area contributed by atoms with E-state index >= 15 is 0 Å². The van der Waals surface area contributed by atoms with E-state index in [4.69, 9.17) is 0 Å². The van der Waals surface area contributed by atoms with Gasteiger partial charge in [-0.1, -0.05) is 140 Å². The van der Waals surface area contributed by atoms with Gasteiger partial charge in [0, 0.05) is 33.2 Å². The molecule has 0 fully saturated rings. The SMILES string of the molecule is c1ccc(-c2ccc(N(c3ccc(-n4c5ccccc5c5c6ccccc6ccc54)cc3)c3ccc4ccccc4c3)c3ccccc23)cc1. The summed E-state index contributed by atoms with van der Waals surface area (Å²) in [5.41, 5.74) is 9.38. The zero-order valence-corrected chi connectivity index (χ0v) is 27.4. The van der Waals surface area contributed by atoms with E-state index in [1.54, 1.807) is 0 Å². The van der Waals surface area contributed by atoms with Gasteiger partial charge < -0.3 is 9.47 Å². The van der Waals surface area contributed by atoms with E-state index in [1.165, 1.54) is 65.3 Å². The Morgan fingerprint density at radius 1 is 0.360 bits per heavy atom. The third-order valence-electron chi connectivity index (χ3n) is 10.1. The summed E-state index contributed by atoms with van der Waals surface area (Å²) in [6.45, 7) is 0. The highest BCUT2D eigenvalue weighted by molar-refractivity contribution is 6.21. The molecule has 234 valence electrons. The predicted octanol–water partition coefficient (Wildman–Crippen LogP) is 13.4. The second kappa shape index (κ2) is 11.5. The molecular formula is C48H32N2. The van der Waals surface area contributed by atoms with Crippen LogP contribution in [0.1, 0.15) is 0 Å². The highest BCUT2D eigenvalue weighted by Gasteiger charge is 2.19. The summed E-state index contributed by atoms with van der Waals surface area (Å²) in [4.78, 5) is 2.41. The monoisotopic (exact) mass is 636 g/mol. The van der Waals surface area contributed by atoms with Crippen LogP contribution in [0.15, 0.2) is 194 Å². The molecule has 10 aromatic rings. The van der Waals surface area contributed by atoms with Crippen molar-refractivity contribution >= 4 is 71.2 Å². The number of anilines is 3. The van der Waals surface area contributed by atoms with Gasteiger partial charge >= 0.3 is 0 Å². The van der Waals surface area contributed by atoms with Gasteiger partial charge in [-0.2, -0.15) is 0 Å². The molecule has 1 aromatic heterocycles. The van der Waals surface area contributed by atoms with E-state index in [1.807, 2.05) is 0 Å². The molecule has 0 N–H and O–H groups in total. The lowest BCUT2D eigenvalue weighted by Crippen LogP contribution is -2.11. The molecule has 9 aromatic carbocycles. The van der Waals surface area contributed by atoms with Crippen LogP contribution in [0.3, 0.4) is 0 Å². The van der Waals surface area contributed by atoms with E-state index in [0.717, 1.165) is 22.7 Å². The maximum atomic E-state index is 2.41. The Bertz CT molecular complexity index is 2860. The topological polar surface area (TPSA) is 8.17 Å². The van der Waals surface area contributed by atoms with Gasteiger partial charge in [-0.05, 0) is 92.7 Å². The molecule has 0 amide bonds. The van der Waals surface area contributed by atoms with Gasteiger partial charge in [0.2, 0.25) is 0 Å². The second-order valence-corrected chi connectivity index (χ2v) is 13.0. The lowest BCUT2D eigenvalue weighted by atomic mass is 9.96. The first kappa shape index (κ1) is 28.4. The van der Waals surface area contributed by atoms with Crippen molar-refractivity contribution in [1.29, 1.82) is 0 Å². The molecule has 50 heavy (non-hydrogen) atoms. The third-order valence-corrected chi connectivity index (χ3v) is 10.1. The summed E-state index contributed by atoms with van der Waals surface area (Å²) in [5.74, 6) is 0. The standard InChI is InChI=1S/C48H32N2/c1-2-13-34(14-3-1)40-29-31-46(43-19-9-8-18-42(40)43)49(39-24-22-33-12-4-5-16-36(33)32-39)37-25-27-38(28-26-37)50-45-21-11-10-20-44(45)48-41-17-7-6-15-35(41)23-30-47(48)50/h1-32H. The molecule has 0 bridgehead atoms. The number of hydrogen-bond donors (Lipinski definition) is 0. The number of benzene rings is 9. The van der Waals surface area contributed by atoms with Crippen molar-refractivity contribution < 1.29 is 0 Å². The molecule has 0 aliphatic carbocycles. The maximum Gasteiger partial charge on any atom is 0.0547 e. The normalized spacial score (nSPS) is 11.6. The van der Waals surface area contributed by atoms with Crippen molar-refractivity contribution in [3.8, 4) is 16.8 Å². The van der Waals surface area contributed by atoms with Crippen molar-refractivity contribution in [2.24, 2.45) is 0 Å². The molecule has 0 radical (unpaired) electrons. The fourth-order valence-corrected chi connectivity index (χ4v) is 7.86. The number of hydrogen-bond acceptors (Lipinski definition) is 1. The van der Waals surface area contributed by atoms with Crippen LogP contribution < -0.4 is 4.90 Å². The molecule has 2 heteroatoms. The van der Waals surface area contributed by atoms with Crippen molar-refractivity contribution in [1.82, 2.24) is 4.57 Å². The first-order valence-electron chi connectivity index (χ1n) is 17.2. The molecule has 0 saturated heterocycles. The van der Waals surface area contributed by atoms with Crippen molar-refractivity contribution in [3.05, 3.63) is 194 Å². The first-order chi connectivity index (χ1) is 24.8. The van der Waals surface area contributed by atoms with Crippen LogP contribution in [-0.4, -0.2) is 4.57 Å². The first-order valence-corrected chi connectivity index (χ1v) is 17.2. The van der Waals surface area contributed by atoms with Gasteiger partial charge in [-0.25, -0.2) is 0 Å². The van der Waals surface area contributed by atoms with Crippen LogP contribution in [0.5, 0.6) is 0 Å². The van der Waals surface area contributed by atoms with Crippen LogP contribution in [0, 0.1) is 0 Å². The molecule has 0 aliphatic heterocycles. The number of para-hydroxylation sites is 1. The Balaban J connectivity index is 1.18. The van der Waals surface area contributed by atoms with Crippen molar-refractivity contribution in [2.45, 2.75) is 0 Å². The molecule has 0 atom stereocenters. The predicted molar refractivity (Wildman–Crippen MR) is 213 cm³/mol. The molecule has 2 nitrogen and oxygen atoms in total. The highest BCUT2D eigenvalue weighted by atomic mass is 15.1. The third kappa shape index (κ3) is 4.50. The molecule has 0 saturated carbocycles. The van der Waals surface area contributed by atoms with Gasteiger partial charge in [-0.15, -0.1) is 0 Å². The zero-order chi connectivity index (χ0) is 33.0. The van der Waals surface area contributed by atoms with Gasteiger partial charge in [-0.3, -0.25) is 0 Å². The lowest BCUT2D eigenvalue weighted by Gasteiger charge is -2.28. The number of aromatic nitrogens is 1. The molecule has 0 aliphatic rings. The average Bonchev–Trinajstić information content (AvgIpc) is 3.53. The van der Waals surface area contributed by atoms with Gasteiger partial charge in [0.15, 0.2) is 0 Å². The van der Waals surface area contributed by atoms with Crippen LogP contribution in [0.4, 0.5) is 17.1 Å². The lowest BCUT2D eigenvalue weighted by molar-refractivity contribution is 1.17. The Morgan fingerprint density at radius 2 is 0.980 bits per heavy atom. The second-order valence-electron chi connectivity index (χ2n) is 13.0. The number of rotatable bonds is 5. The maximum absolute atomic E-state index is 2.41. The minimum Gasteiger partial charge on any atom is -0.310 e. The van der Waals surface area contributed by atoms with E-state index in [9.17, 15) is 0 Å². The summed E-state index contributed by atoms with van der Waals surface area (Å²) >= 11 is 0.